The molecular formula is C23H25NO5. The Labute approximate surface area is 169 Å². The second-order valence-corrected chi connectivity index (χ2v) is 7.21. The molecule has 0 saturated heterocycles. The van der Waals surface area contributed by atoms with Crippen LogP contribution in [0.5, 0.6) is 5.75 Å². The van der Waals surface area contributed by atoms with E-state index in [2.05, 4.69) is 5.32 Å². The highest BCUT2D eigenvalue weighted by atomic mass is 16.5. The highest BCUT2D eigenvalue weighted by Gasteiger charge is 2.20. The number of carbonyl (C=O) groups excluding carboxylic acids is 1. The molecule has 0 aliphatic carbocycles. The highest BCUT2D eigenvalue weighted by molar-refractivity contribution is 5.89. The molecule has 0 aliphatic heterocycles. The third-order valence-electron chi connectivity index (χ3n) is 4.98. The molecule has 29 heavy (non-hydrogen) atoms. The standard InChI is InChI=1S/C23H25NO5/c1-13-10-19(21-14(2)15(3)23(27)29-20(21)11-13)28-16(4)22(26)24-12-18(25)17-8-6-5-7-9-17/h5-11,16,18,25H,12H2,1-4H3,(H,24,26)/t16-,18+/m1/s1. The van der Waals surface area contributed by atoms with Crippen LogP contribution in [-0.2, 0) is 4.79 Å². The third-order valence-corrected chi connectivity index (χ3v) is 4.98. The number of rotatable bonds is 6. The van der Waals surface area contributed by atoms with Gasteiger partial charge in [-0.1, -0.05) is 30.3 Å². The van der Waals surface area contributed by atoms with Gasteiger partial charge in [0.2, 0.25) is 0 Å². The van der Waals surface area contributed by atoms with Crippen LogP contribution in [0.25, 0.3) is 11.0 Å². The molecule has 0 saturated carbocycles. The molecule has 0 fully saturated rings. The predicted octanol–water partition coefficient (Wildman–Crippen LogP) is 3.34. The van der Waals surface area contributed by atoms with Crippen LogP contribution in [0.2, 0.25) is 0 Å². The van der Waals surface area contributed by atoms with Gasteiger partial charge >= 0.3 is 5.63 Å². The van der Waals surface area contributed by atoms with Crippen molar-refractivity contribution in [2.45, 2.75) is 39.9 Å². The number of aliphatic hydroxyl groups is 1. The molecule has 0 spiro atoms. The molecule has 2 N–H and O–H groups in total. The van der Waals surface area contributed by atoms with Gasteiger partial charge in [0.1, 0.15) is 11.3 Å². The van der Waals surface area contributed by atoms with Crippen LogP contribution in [0.3, 0.4) is 0 Å². The Bertz CT molecular complexity index is 1090. The maximum atomic E-state index is 12.5. The lowest BCUT2D eigenvalue weighted by Crippen LogP contribution is -2.38. The van der Waals surface area contributed by atoms with Crippen molar-refractivity contribution in [1.29, 1.82) is 0 Å². The van der Waals surface area contributed by atoms with Crippen LogP contribution in [0.15, 0.2) is 51.7 Å². The number of aliphatic hydroxyl groups excluding tert-OH is 1. The van der Waals surface area contributed by atoms with E-state index in [1.54, 1.807) is 32.0 Å². The normalized spacial score (nSPS) is 13.1. The van der Waals surface area contributed by atoms with Gasteiger partial charge in [0.25, 0.3) is 5.91 Å². The van der Waals surface area contributed by atoms with E-state index >= 15 is 0 Å². The molecule has 0 aliphatic rings. The summed E-state index contributed by atoms with van der Waals surface area (Å²) >= 11 is 0. The monoisotopic (exact) mass is 395 g/mol. The summed E-state index contributed by atoms with van der Waals surface area (Å²) in [6.45, 7) is 7.11. The Morgan fingerprint density at radius 1 is 1.14 bits per heavy atom. The Morgan fingerprint density at radius 3 is 2.52 bits per heavy atom. The average molecular weight is 395 g/mol. The Balaban J connectivity index is 1.77. The largest absolute Gasteiger partial charge is 0.480 e. The average Bonchev–Trinajstić information content (AvgIpc) is 2.70. The van der Waals surface area contributed by atoms with Gasteiger partial charge in [-0.3, -0.25) is 4.79 Å². The van der Waals surface area contributed by atoms with E-state index in [9.17, 15) is 14.7 Å². The first-order valence-corrected chi connectivity index (χ1v) is 9.50. The summed E-state index contributed by atoms with van der Waals surface area (Å²) < 4.78 is 11.3. The summed E-state index contributed by atoms with van der Waals surface area (Å²) in [5.41, 5.74) is 2.90. The molecule has 3 aromatic rings. The lowest BCUT2D eigenvalue weighted by molar-refractivity contribution is -0.127. The maximum absolute atomic E-state index is 12.5. The zero-order chi connectivity index (χ0) is 21.1. The van der Waals surface area contributed by atoms with E-state index in [1.165, 1.54) is 0 Å². The molecule has 1 amide bonds. The van der Waals surface area contributed by atoms with Crippen molar-refractivity contribution < 1.29 is 19.1 Å². The first kappa shape index (κ1) is 20.6. The molecule has 2 aromatic carbocycles. The second kappa shape index (κ2) is 8.49. The Hall–Kier alpha value is -3.12. The van der Waals surface area contributed by atoms with Crippen LogP contribution in [0.4, 0.5) is 0 Å². The van der Waals surface area contributed by atoms with Gasteiger partial charge in [-0.15, -0.1) is 0 Å². The lowest BCUT2D eigenvalue weighted by Gasteiger charge is -2.19. The summed E-state index contributed by atoms with van der Waals surface area (Å²) in [5, 5.41) is 13.6. The minimum Gasteiger partial charge on any atom is -0.480 e. The van der Waals surface area contributed by atoms with Crippen LogP contribution in [0.1, 0.15) is 35.3 Å². The molecule has 0 radical (unpaired) electrons. The third kappa shape index (κ3) is 4.49. The van der Waals surface area contributed by atoms with E-state index in [-0.39, 0.29) is 18.1 Å². The summed E-state index contributed by atoms with van der Waals surface area (Å²) in [5.74, 6) is 0.136. The number of ether oxygens (including phenoxy) is 1. The fourth-order valence-electron chi connectivity index (χ4n) is 3.16. The van der Waals surface area contributed by atoms with Crippen LogP contribution in [0, 0.1) is 20.8 Å². The fourth-order valence-corrected chi connectivity index (χ4v) is 3.16. The summed E-state index contributed by atoms with van der Waals surface area (Å²) in [6.07, 6.45) is -1.60. The molecular weight excluding hydrogens is 370 g/mol. The summed E-state index contributed by atoms with van der Waals surface area (Å²) in [6, 6.07) is 12.7. The van der Waals surface area contributed by atoms with Gasteiger partial charge in [0, 0.05) is 12.1 Å². The van der Waals surface area contributed by atoms with Crippen molar-refractivity contribution in [2.75, 3.05) is 6.54 Å². The smallest absolute Gasteiger partial charge is 0.339 e. The van der Waals surface area contributed by atoms with Gasteiger partial charge in [0.05, 0.1) is 11.5 Å². The topological polar surface area (TPSA) is 88.8 Å². The minimum absolute atomic E-state index is 0.0815. The number of hydrogen-bond acceptors (Lipinski definition) is 5. The second-order valence-electron chi connectivity index (χ2n) is 7.21. The zero-order valence-electron chi connectivity index (χ0n) is 17.0. The number of fused-ring (bicyclic) bond motifs is 1. The summed E-state index contributed by atoms with van der Waals surface area (Å²) in [4.78, 5) is 24.5. The van der Waals surface area contributed by atoms with Crippen molar-refractivity contribution >= 4 is 16.9 Å². The van der Waals surface area contributed by atoms with Gasteiger partial charge < -0.3 is 19.6 Å². The molecule has 1 aromatic heterocycles. The van der Waals surface area contributed by atoms with E-state index in [0.717, 1.165) is 16.7 Å². The van der Waals surface area contributed by atoms with Crippen LogP contribution < -0.4 is 15.7 Å². The van der Waals surface area contributed by atoms with Gasteiger partial charge in [-0.05, 0) is 56.5 Å². The molecule has 0 unspecified atom stereocenters. The first-order valence-electron chi connectivity index (χ1n) is 9.50. The number of nitrogens with one attached hydrogen (secondary N) is 1. The molecule has 3 rings (SSSR count). The van der Waals surface area contributed by atoms with Gasteiger partial charge in [-0.25, -0.2) is 4.79 Å². The number of carbonyl (C=O) groups is 1. The molecule has 6 heteroatoms. The molecule has 152 valence electrons. The van der Waals surface area contributed by atoms with Crippen molar-refractivity contribution in [1.82, 2.24) is 5.32 Å². The van der Waals surface area contributed by atoms with Crippen LogP contribution in [-0.4, -0.2) is 23.7 Å². The number of aryl methyl sites for hydroxylation is 2. The van der Waals surface area contributed by atoms with Crippen molar-refractivity contribution in [3.63, 3.8) is 0 Å². The summed E-state index contributed by atoms with van der Waals surface area (Å²) in [7, 11) is 0. The number of hydrogen-bond donors (Lipinski definition) is 2. The van der Waals surface area contributed by atoms with E-state index in [1.807, 2.05) is 38.1 Å². The van der Waals surface area contributed by atoms with Gasteiger partial charge in [0.15, 0.2) is 6.10 Å². The van der Waals surface area contributed by atoms with Crippen molar-refractivity contribution in [3.05, 3.63) is 75.1 Å². The van der Waals surface area contributed by atoms with Crippen molar-refractivity contribution in [3.8, 4) is 5.75 Å². The molecule has 0 bridgehead atoms. The van der Waals surface area contributed by atoms with Crippen molar-refractivity contribution in [2.24, 2.45) is 0 Å². The Morgan fingerprint density at radius 2 is 1.83 bits per heavy atom. The fraction of sp³-hybridized carbons (Fsp3) is 0.304. The SMILES string of the molecule is Cc1cc(O[C@H](C)C(=O)NC[C@H](O)c2ccccc2)c2c(C)c(C)c(=O)oc2c1. The number of benzene rings is 2. The first-order chi connectivity index (χ1) is 13.8. The van der Waals surface area contributed by atoms with Gasteiger partial charge in [-0.2, -0.15) is 0 Å². The Kier molecular flexibility index (Phi) is 6.03. The van der Waals surface area contributed by atoms with Crippen LogP contribution >= 0.6 is 0 Å². The minimum atomic E-state index is -0.800. The maximum Gasteiger partial charge on any atom is 0.339 e. The number of amides is 1. The molecule has 1 heterocycles. The predicted molar refractivity (Wildman–Crippen MR) is 111 cm³/mol. The molecule has 2 atom stereocenters. The van der Waals surface area contributed by atoms with E-state index in [0.29, 0.717) is 22.3 Å². The van der Waals surface area contributed by atoms with E-state index < -0.39 is 12.2 Å². The molecule has 6 nitrogen and oxygen atoms in total. The quantitative estimate of drug-likeness (QED) is 0.625. The van der Waals surface area contributed by atoms with E-state index in [4.69, 9.17) is 9.15 Å². The lowest BCUT2D eigenvalue weighted by atomic mass is 10.0. The highest BCUT2D eigenvalue weighted by Crippen LogP contribution is 2.31. The zero-order valence-corrected chi connectivity index (χ0v) is 17.0.